The fraction of sp³-hybridized carbons (Fsp3) is 0.360. The van der Waals surface area contributed by atoms with Crippen molar-refractivity contribution in [3.63, 3.8) is 0 Å². The summed E-state index contributed by atoms with van der Waals surface area (Å²) in [5.41, 5.74) is 0.718. The van der Waals surface area contributed by atoms with Gasteiger partial charge in [0.25, 0.3) is 17.3 Å². The summed E-state index contributed by atoms with van der Waals surface area (Å²) in [6.07, 6.45) is -3.65. The minimum atomic E-state index is -2.01. The Morgan fingerprint density at radius 2 is 1.50 bits per heavy atom. The third kappa shape index (κ3) is 8.45. The van der Waals surface area contributed by atoms with Crippen molar-refractivity contribution in [2.24, 2.45) is 0 Å². The highest BCUT2D eigenvalue weighted by atomic mass is 32.2. The molecular weight excluding hydrogens is 580 g/mol. The van der Waals surface area contributed by atoms with E-state index in [-0.39, 0.29) is 44.0 Å². The van der Waals surface area contributed by atoms with Crippen LogP contribution in [0.1, 0.15) is 24.0 Å². The Kier molecular flexibility index (Phi) is 11.3. The van der Waals surface area contributed by atoms with Gasteiger partial charge < -0.3 is 24.6 Å². The predicted molar refractivity (Wildman–Crippen MR) is 143 cm³/mol. The van der Waals surface area contributed by atoms with Gasteiger partial charge in [0.2, 0.25) is 6.23 Å². The molecule has 1 aliphatic rings. The zero-order valence-electron chi connectivity index (χ0n) is 22.1. The van der Waals surface area contributed by atoms with E-state index < -0.39 is 50.6 Å². The maximum Gasteiger partial charge on any atom is 0.407 e. The summed E-state index contributed by atoms with van der Waals surface area (Å²) in [5, 5.41) is 32.9. The number of thioether (sulfide) groups is 1. The van der Waals surface area contributed by atoms with Gasteiger partial charge in [-0.15, -0.1) is 0 Å². The smallest absolute Gasteiger partial charge is 0.407 e. The normalized spacial score (nSPS) is 16.6. The highest BCUT2D eigenvalue weighted by molar-refractivity contribution is 8.14. The van der Waals surface area contributed by atoms with Crippen LogP contribution in [0.15, 0.2) is 48.5 Å². The molecule has 1 aliphatic heterocycles. The molecule has 17 heteroatoms. The molecule has 2 amide bonds. The minimum Gasteiger partial charge on any atom is -0.457 e. The Labute approximate surface area is 242 Å². The Hall–Kier alpha value is -4.61. The molecule has 0 spiro atoms. The molecule has 16 nitrogen and oxygen atoms in total. The van der Waals surface area contributed by atoms with E-state index in [0.717, 1.165) is 4.90 Å². The molecule has 0 saturated carbocycles. The van der Waals surface area contributed by atoms with Gasteiger partial charge >= 0.3 is 12.1 Å². The lowest BCUT2D eigenvalue weighted by Crippen LogP contribution is -2.68. The Balaban J connectivity index is 1.40. The molecule has 0 aromatic heterocycles. The lowest BCUT2D eigenvalue weighted by Gasteiger charge is -2.46. The van der Waals surface area contributed by atoms with Crippen LogP contribution in [0.4, 0.5) is 16.2 Å². The number of β-lactam (4-membered cyclic amide) rings is 1. The van der Waals surface area contributed by atoms with Gasteiger partial charge in [-0.2, -0.15) is 0 Å². The number of benzene rings is 2. The van der Waals surface area contributed by atoms with Gasteiger partial charge in [-0.05, 0) is 41.8 Å². The van der Waals surface area contributed by atoms with Crippen molar-refractivity contribution < 1.29 is 48.3 Å². The second kappa shape index (κ2) is 14.9. The second-order valence-corrected chi connectivity index (χ2v) is 9.89. The van der Waals surface area contributed by atoms with Crippen LogP contribution in [-0.4, -0.2) is 74.3 Å². The molecule has 2 N–H and O–H groups in total. The zero-order chi connectivity index (χ0) is 30.8. The molecule has 3 rings (SSSR count). The third-order valence-electron chi connectivity index (χ3n) is 5.88. The van der Waals surface area contributed by atoms with E-state index in [1.54, 1.807) is 0 Å². The molecule has 224 valence electrons. The van der Waals surface area contributed by atoms with Crippen molar-refractivity contribution in [2.75, 3.05) is 13.7 Å². The molecule has 0 aliphatic carbocycles. The van der Waals surface area contributed by atoms with E-state index in [4.69, 9.17) is 14.2 Å². The number of nitro groups is 2. The highest BCUT2D eigenvalue weighted by Gasteiger charge is 2.54. The number of hydrogen-bond donors (Lipinski definition) is 2. The van der Waals surface area contributed by atoms with Gasteiger partial charge in [-0.1, -0.05) is 11.8 Å². The molecule has 0 bridgehead atoms. The maximum atomic E-state index is 12.5. The number of esters is 1. The number of non-ortho nitro benzene ring substituents is 2. The summed E-state index contributed by atoms with van der Waals surface area (Å²) in [6, 6.07) is 10.7. The summed E-state index contributed by atoms with van der Waals surface area (Å²) in [5.74, 6) is -1.88. The molecule has 1 unspecified atom stereocenters. The number of rotatable bonds is 14. The lowest BCUT2D eigenvalue weighted by atomic mass is 10.1. The summed E-state index contributed by atoms with van der Waals surface area (Å²) in [4.78, 5) is 70.2. The van der Waals surface area contributed by atoms with E-state index >= 15 is 0 Å². The summed E-state index contributed by atoms with van der Waals surface area (Å²) >= 11 is 0.683. The van der Waals surface area contributed by atoms with Crippen molar-refractivity contribution in [3.05, 3.63) is 79.9 Å². The molecule has 2 aromatic carbocycles. The van der Waals surface area contributed by atoms with Crippen LogP contribution in [0.25, 0.3) is 0 Å². The van der Waals surface area contributed by atoms with Crippen LogP contribution in [0.3, 0.4) is 0 Å². The lowest BCUT2D eigenvalue weighted by molar-refractivity contribution is -0.385. The van der Waals surface area contributed by atoms with Crippen molar-refractivity contribution in [1.82, 2.24) is 10.2 Å². The van der Waals surface area contributed by atoms with E-state index in [9.17, 15) is 44.5 Å². The van der Waals surface area contributed by atoms with Crippen molar-refractivity contribution in [1.29, 1.82) is 0 Å². The first-order chi connectivity index (χ1) is 20.0. The molecular formula is C25H26N4O12S. The number of likely N-dealkylation sites (tertiary alicyclic amines) is 1. The first kappa shape index (κ1) is 31.9. The van der Waals surface area contributed by atoms with Gasteiger partial charge in [0, 0.05) is 44.3 Å². The first-order valence-corrected chi connectivity index (χ1v) is 13.2. The van der Waals surface area contributed by atoms with E-state index in [1.807, 2.05) is 0 Å². The number of aliphatic hydroxyl groups is 1. The number of aliphatic hydroxyl groups excluding tert-OH is 1. The molecule has 1 saturated heterocycles. The summed E-state index contributed by atoms with van der Waals surface area (Å²) in [6.45, 7) is -0.338. The molecule has 3 atom stereocenters. The van der Waals surface area contributed by atoms with E-state index in [2.05, 4.69) is 5.32 Å². The average molecular weight is 607 g/mol. The Morgan fingerprint density at radius 3 is 2.00 bits per heavy atom. The van der Waals surface area contributed by atoms with Gasteiger partial charge in [0.15, 0.2) is 11.2 Å². The third-order valence-corrected chi connectivity index (χ3v) is 7.07. The quantitative estimate of drug-likeness (QED) is 0.103. The molecule has 42 heavy (non-hydrogen) atoms. The zero-order valence-corrected chi connectivity index (χ0v) is 22.9. The van der Waals surface area contributed by atoms with Crippen LogP contribution < -0.4 is 5.32 Å². The fourth-order valence-corrected chi connectivity index (χ4v) is 4.86. The van der Waals surface area contributed by atoms with Crippen LogP contribution >= 0.6 is 11.8 Å². The fourth-order valence-electron chi connectivity index (χ4n) is 3.64. The van der Waals surface area contributed by atoms with Crippen LogP contribution in [-0.2, 0) is 41.8 Å². The highest BCUT2D eigenvalue weighted by Crippen LogP contribution is 2.35. The first-order valence-electron chi connectivity index (χ1n) is 12.3. The number of ether oxygens (including phenoxy) is 3. The number of alkyl carbamates (subject to hydrolysis) is 1. The topological polar surface area (TPSA) is 218 Å². The van der Waals surface area contributed by atoms with E-state index in [0.29, 0.717) is 22.9 Å². The molecule has 1 fully saturated rings. The minimum absolute atomic E-state index is 0.0249. The second-order valence-electron chi connectivity index (χ2n) is 8.72. The number of carbonyl (C=O) groups is 4. The number of methoxy groups -OCH3 is 1. The number of nitrogens with zero attached hydrogens (tertiary/aromatic N) is 3. The SMILES string of the molecule is CO[C@H]1C(=O)N(C(O)C(=O)OCc2ccc([N+](=O)[O-])cc2)[C@@H]1SC(=O)CCCNC(=O)OCc1ccc([N+](=O)[O-])cc1. The van der Waals surface area contributed by atoms with Crippen LogP contribution in [0, 0.1) is 20.2 Å². The number of nitrogens with one attached hydrogen (secondary N) is 1. The number of nitro benzene ring substituents is 2. The van der Waals surface area contributed by atoms with Crippen molar-refractivity contribution in [3.8, 4) is 0 Å². The number of carbonyl (C=O) groups excluding carboxylic acids is 4. The Bertz CT molecular complexity index is 1320. The van der Waals surface area contributed by atoms with Gasteiger partial charge in [-0.3, -0.25) is 34.7 Å². The largest absolute Gasteiger partial charge is 0.457 e. The molecule has 1 heterocycles. The van der Waals surface area contributed by atoms with Crippen LogP contribution in [0.5, 0.6) is 0 Å². The molecule has 0 radical (unpaired) electrons. The van der Waals surface area contributed by atoms with Crippen molar-refractivity contribution in [2.45, 2.75) is 43.8 Å². The number of amides is 2. The predicted octanol–water partition coefficient (Wildman–Crippen LogP) is 2.01. The van der Waals surface area contributed by atoms with Gasteiger partial charge in [0.05, 0.1) is 9.85 Å². The Morgan fingerprint density at radius 1 is 0.976 bits per heavy atom. The van der Waals surface area contributed by atoms with Crippen LogP contribution in [0.2, 0.25) is 0 Å². The van der Waals surface area contributed by atoms with Crippen molar-refractivity contribution >= 4 is 46.2 Å². The monoisotopic (exact) mass is 606 g/mol. The maximum absolute atomic E-state index is 12.5. The summed E-state index contributed by atoms with van der Waals surface area (Å²) < 4.78 is 15.1. The number of hydrogen-bond acceptors (Lipinski definition) is 13. The molecule has 2 aromatic rings. The summed E-state index contributed by atoms with van der Waals surface area (Å²) in [7, 11) is 1.24. The van der Waals surface area contributed by atoms with Gasteiger partial charge in [-0.25, -0.2) is 9.59 Å². The standard InChI is InChI=1S/C25H26N4O12S/c1-39-20-21(31)27(22(32)24(33)40-13-15-4-8-17(9-5-15)28(35)36)23(20)42-19(30)3-2-12-26-25(34)41-14-16-6-10-18(11-7-16)29(37)38/h4-11,20,22-23,32H,2-3,12-14H2,1H3,(H,26,34)/t20-,22?,23+/m0/s1. The van der Waals surface area contributed by atoms with Gasteiger partial charge in [0.1, 0.15) is 18.6 Å². The average Bonchev–Trinajstić information content (AvgIpc) is 2.97. The van der Waals surface area contributed by atoms with E-state index in [1.165, 1.54) is 55.6 Å².